The fraction of sp³-hybridized carbons (Fsp3) is 0.400. The van der Waals surface area contributed by atoms with Crippen molar-refractivity contribution in [3.8, 4) is 11.5 Å². The number of hydrogen-bond acceptors (Lipinski definition) is 5. The molecule has 0 aliphatic heterocycles. The van der Waals surface area contributed by atoms with Gasteiger partial charge in [0.2, 0.25) is 5.89 Å². The van der Waals surface area contributed by atoms with Crippen molar-refractivity contribution >= 4 is 5.97 Å². The smallest absolute Gasteiger partial charge is 0.306 e. The van der Waals surface area contributed by atoms with E-state index in [4.69, 9.17) is 9.15 Å². The van der Waals surface area contributed by atoms with Gasteiger partial charge in [-0.1, -0.05) is 39.0 Å². The fourth-order valence-corrected chi connectivity index (χ4v) is 1.64. The minimum absolute atomic E-state index is 0.00868. The summed E-state index contributed by atoms with van der Waals surface area (Å²) < 4.78 is 10.6. The van der Waals surface area contributed by atoms with Crippen molar-refractivity contribution in [1.82, 2.24) is 10.2 Å². The van der Waals surface area contributed by atoms with Crippen LogP contribution < -0.4 is 0 Å². The third kappa shape index (κ3) is 4.19. The number of rotatable bonds is 4. The van der Waals surface area contributed by atoms with Crippen molar-refractivity contribution in [2.75, 3.05) is 0 Å². The third-order valence-electron chi connectivity index (χ3n) is 2.52. The highest BCUT2D eigenvalue weighted by molar-refractivity contribution is 5.70. The quantitative estimate of drug-likeness (QED) is 0.801. The van der Waals surface area contributed by atoms with E-state index in [1.165, 1.54) is 0 Å². The zero-order valence-electron chi connectivity index (χ0n) is 11.9. The normalized spacial score (nSPS) is 11.3. The van der Waals surface area contributed by atoms with Gasteiger partial charge < -0.3 is 9.15 Å². The summed E-state index contributed by atoms with van der Waals surface area (Å²) in [6, 6.07) is 9.45. The van der Waals surface area contributed by atoms with E-state index >= 15 is 0 Å². The first-order chi connectivity index (χ1) is 9.44. The van der Waals surface area contributed by atoms with E-state index in [1.54, 1.807) is 0 Å². The molecule has 20 heavy (non-hydrogen) atoms. The van der Waals surface area contributed by atoms with Gasteiger partial charge >= 0.3 is 5.97 Å². The first kappa shape index (κ1) is 14.2. The molecule has 0 saturated heterocycles. The van der Waals surface area contributed by atoms with Crippen LogP contribution in [-0.2, 0) is 16.1 Å². The number of benzene rings is 1. The molecule has 0 fully saturated rings. The predicted octanol–water partition coefficient (Wildman–Crippen LogP) is 3.22. The lowest BCUT2D eigenvalue weighted by atomic mass is 9.93. The Kier molecular flexibility index (Phi) is 4.17. The van der Waals surface area contributed by atoms with Crippen molar-refractivity contribution in [3.05, 3.63) is 36.2 Å². The highest BCUT2D eigenvalue weighted by atomic mass is 16.5. The molecule has 0 aliphatic carbocycles. The van der Waals surface area contributed by atoms with Crippen LogP contribution in [-0.4, -0.2) is 16.2 Å². The number of carbonyl (C=O) groups is 1. The number of hydrogen-bond donors (Lipinski definition) is 0. The van der Waals surface area contributed by atoms with E-state index in [2.05, 4.69) is 10.2 Å². The highest BCUT2D eigenvalue weighted by Gasteiger charge is 2.18. The third-order valence-corrected chi connectivity index (χ3v) is 2.52. The Hall–Kier alpha value is -2.17. The standard InChI is InChI=1S/C15H18N2O3/c1-15(2,3)9-13(18)19-10-12-16-17-14(20-12)11-7-5-4-6-8-11/h4-8H,9-10H2,1-3H3. The molecule has 0 spiro atoms. The van der Waals surface area contributed by atoms with Crippen LogP contribution in [0.15, 0.2) is 34.7 Å². The number of carbonyl (C=O) groups excluding carboxylic acids is 1. The second-order valence-corrected chi connectivity index (χ2v) is 5.77. The van der Waals surface area contributed by atoms with Crippen LogP contribution in [0.4, 0.5) is 0 Å². The first-order valence-corrected chi connectivity index (χ1v) is 6.47. The number of ether oxygens (including phenoxy) is 1. The number of aromatic nitrogens is 2. The zero-order valence-corrected chi connectivity index (χ0v) is 11.9. The molecular weight excluding hydrogens is 256 g/mol. The summed E-state index contributed by atoms with van der Waals surface area (Å²) in [5, 5.41) is 7.80. The van der Waals surface area contributed by atoms with Crippen molar-refractivity contribution in [2.45, 2.75) is 33.8 Å². The van der Waals surface area contributed by atoms with E-state index in [0.29, 0.717) is 18.2 Å². The van der Waals surface area contributed by atoms with Gasteiger partial charge in [0.15, 0.2) is 6.61 Å². The average molecular weight is 274 g/mol. The Balaban J connectivity index is 1.92. The molecule has 2 rings (SSSR count). The van der Waals surface area contributed by atoms with Crippen molar-refractivity contribution < 1.29 is 13.9 Å². The molecule has 0 amide bonds. The van der Waals surface area contributed by atoms with Gasteiger partial charge in [-0.3, -0.25) is 4.79 Å². The Morgan fingerprint density at radius 3 is 2.55 bits per heavy atom. The zero-order chi connectivity index (χ0) is 14.6. The molecule has 0 bridgehead atoms. The molecule has 2 aromatic rings. The monoisotopic (exact) mass is 274 g/mol. The molecule has 1 aromatic carbocycles. The molecule has 0 saturated carbocycles. The van der Waals surface area contributed by atoms with Crippen LogP contribution in [0, 0.1) is 5.41 Å². The Morgan fingerprint density at radius 2 is 1.90 bits per heavy atom. The lowest BCUT2D eigenvalue weighted by Gasteiger charge is -2.15. The maximum Gasteiger partial charge on any atom is 0.306 e. The summed E-state index contributed by atoms with van der Waals surface area (Å²) in [6.07, 6.45) is 0.354. The molecule has 0 radical (unpaired) electrons. The van der Waals surface area contributed by atoms with Crippen LogP contribution in [0.2, 0.25) is 0 Å². The molecular formula is C15H18N2O3. The molecule has 5 nitrogen and oxygen atoms in total. The van der Waals surface area contributed by atoms with Crippen molar-refractivity contribution in [2.24, 2.45) is 5.41 Å². The Morgan fingerprint density at radius 1 is 1.20 bits per heavy atom. The largest absolute Gasteiger partial charge is 0.456 e. The molecule has 0 unspecified atom stereocenters. The summed E-state index contributed by atoms with van der Waals surface area (Å²) in [4.78, 5) is 11.6. The molecule has 0 atom stereocenters. The van der Waals surface area contributed by atoms with Gasteiger partial charge in [0.1, 0.15) is 0 Å². The van der Waals surface area contributed by atoms with Crippen LogP contribution in [0.1, 0.15) is 33.1 Å². The van der Waals surface area contributed by atoms with E-state index in [-0.39, 0.29) is 18.0 Å². The second-order valence-electron chi connectivity index (χ2n) is 5.77. The number of nitrogens with zero attached hydrogens (tertiary/aromatic N) is 2. The van der Waals surface area contributed by atoms with Gasteiger partial charge in [0.05, 0.1) is 6.42 Å². The summed E-state index contributed by atoms with van der Waals surface area (Å²) in [5.41, 5.74) is 0.744. The van der Waals surface area contributed by atoms with Crippen LogP contribution >= 0.6 is 0 Å². The van der Waals surface area contributed by atoms with Crippen LogP contribution in [0.25, 0.3) is 11.5 Å². The van der Waals surface area contributed by atoms with E-state index in [9.17, 15) is 4.79 Å². The summed E-state index contributed by atoms with van der Waals surface area (Å²) in [7, 11) is 0. The molecule has 0 N–H and O–H groups in total. The topological polar surface area (TPSA) is 65.2 Å². The first-order valence-electron chi connectivity index (χ1n) is 6.47. The van der Waals surface area contributed by atoms with Crippen molar-refractivity contribution in [3.63, 3.8) is 0 Å². The van der Waals surface area contributed by atoms with Crippen molar-refractivity contribution in [1.29, 1.82) is 0 Å². The molecule has 5 heteroatoms. The van der Waals surface area contributed by atoms with Gasteiger partial charge in [-0.05, 0) is 17.5 Å². The van der Waals surface area contributed by atoms with E-state index in [0.717, 1.165) is 5.56 Å². The van der Waals surface area contributed by atoms with Gasteiger partial charge in [-0.25, -0.2) is 0 Å². The van der Waals surface area contributed by atoms with Gasteiger partial charge in [0, 0.05) is 5.56 Å². The summed E-state index contributed by atoms with van der Waals surface area (Å²) in [6.45, 7) is 5.95. The second kappa shape index (κ2) is 5.86. The van der Waals surface area contributed by atoms with Gasteiger partial charge in [-0.15, -0.1) is 10.2 Å². The maximum atomic E-state index is 11.6. The van der Waals surface area contributed by atoms with Gasteiger partial charge in [-0.2, -0.15) is 0 Å². The number of esters is 1. The molecule has 1 aromatic heterocycles. The fourth-order valence-electron chi connectivity index (χ4n) is 1.64. The van der Waals surface area contributed by atoms with E-state index < -0.39 is 0 Å². The van der Waals surface area contributed by atoms with Crippen LogP contribution in [0.5, 0.6) is 0 Å². The molecule has 106 valence electrons. The minimum atomic E-state index is -0.267. The summed E-state index contributed by atoms with van der Waals surface area (Å²) in [5.74, 6) is 0.454. The lowest BCUT2D eigenvalue weighted by molar-refractivity contribution is -0.147. The summed E-state index contributed by atoms with van der Waals surface area (Å²) >= 11 is 0. The Bertz CT molecular complexity index is 570. The predicted molar refractivity (Wildman–Crippen MR) is 73.6 cm³/mol. The van der Waals surface area contributed by atoms with Gasteiger partial charge in [0.25, 0.3) is 5.89 Å². The minimum Gasteiger partial charge on any atom is -0.456 e. The SMILES string of the molecule is CC(C)(C)CC(=O)OCc1nnc(-c2ccccc2)o1. The maximum absolute atomic E-state index is 11.6. The lowest BCUT2D eigenvalue weighted by Crippen LogP contribution is -2.15. The molecule has 0 aliphatic rings. The van der Waals surface area contributed by atoms with E-state index in [1.807, 2.05) is 51.1 Å². The molecule has 1 heterocycles. The average Bonchev–Trinajstić information content (AvgIpc) is 2.84. The Labute approximate surface area is 118 Å². The van der Waals surface area contributed by atoms with Crippen LogP contribution in [0.3, 0.4) is 0 Å². The highest BCUT2D eigenvalue weighted by Crippen LogP contribution is 2.20.